The number of morpholine rings is 1. The molecule has 1 aliphatic heterocycles. The maximum absolute atomic E-state index is 11.9. The molecule has 8 heteroatoms. The van der Waals surface area contributed by atoms with Gasteiger partial charge in [0.05, 0.1) is 13.2 Å². The number of H-pyrrole nitrogens is 1. The van der Waals surface area contributed by atoms with Crippen LogP contribution in [-0.2, 0) is 17.0 Å². The van der Waals surface area contributed by atoms with Gasteiger partial charge in [-0.25, -0.2) is 4.98 Å². The van der Waals surface area contributed by atoms with Crippen LogP contribution in [0, 0.1) is 6.92 Å². The second-order valence-corrected chi connectivity index (χ2v) is 7.36. The molecule has 3 heterocycles. The Hall–Kier alpha value is -2.16. The van der Waals surface area contributed by atoms with Crippen LogP contribution >= 0.6 is 11.8 Å². The van der Waals surface area contributed by atoms with Crippen LogP contribution in [0.3, 0.4) is 0 Å². The average Bonchev–Trinajstić information content (AvgIpc) is 3.05. The molecule has 7 nitrogen and oxygen atoms in total. The van der Waals surface area contributed by atoms with Gasteiger partial charge in [-0.3, -0.25) is 14.8 Å². The van der Waals surface area contributed by atoms with Crippen molar-refractivity contribution in [2.45, 2.75) is 24.4 Å². The van der Waals surface area contributed by atoms with E-state index in [0.29, 0.717) is 16.6 Å². The van der Waals surface area contributed by atoms with Crippen LogP contribution in [0.5, 0.6) is 0 Å². The summed E-state index contributed by atoms with van der Waals surface area (Å²) in [6, 6.07) is 10.2. The van der Waals surface area contributed by atoms with E-state index < -0.39 is 0 Å². The minimum Gasteiger partial charge on any atom is -0.379 e. The number of hydrogen-bond donors (Lipinski definition) is 1. The van der Waals surface area contributed by atoms with Crippen molar-refractivity contribution in [2.75, 3.05) is 26.3 Å². The van der Waals surface area contributed by atoms with E-state index in [0.717, 1.165) is 38.6 Å². The summed E-state index contributed by atoms with van der Waals surface area (Å²) in [7, 11) is 0. The fourth-order valence-electron chi connectivity index (χ4n) is 2.95. The summed E-state index contributed by atoms with van der Waals surface area (Å²) < 4.78 is 6.76. The van der Waals surface area contributed by atoms with E-state index in [2.05, 4.69) is 44.2 Å². The second-order valence-electron chi connectivity index (χ2n) is 6.39. The van der Waals surface area contributed by atoms with Gasteiger partial charge in [0.15, 0.2) is 5.16 Å². The molecule has 1 fully saturated rings. The lowest BCUT2D eigenvalue weighted by atomic mass is 10.1. The van der Waals surface area contributed by atoms with Crippen LogP contribution in [0.15, 0.2) is 40.3 Å². The normalized spacial score (nSPS) is 15.6. The predicted octanol–water partition coefficient (Wildman–Crippen LogP) is 1.85. The second kappa shape index (κ2) is 7.61. The first-order valence-electron chi connectivity index (χ1n) is 8.64. The SMILES string of the molecule is Cc1cc(=O)n2[nH]c(SCc3ccc(CN4CCOCC4)cc3)nc2n1. The minimum absolute atomic E-state index is 0.140. The summed E-state index contributed by atoms with van der Waals surface area (Å²) in [5.74, 6) is 1.20. The molecule has 0 spiro atoms. The van der Waals surface area contributed by atoms with Crippen molar-refractivity contribution in [1.29, 1.82) is 0 Å². The number of nitrogens with zero attached hydrogens (tertiary/aromatic N) is 4. The van der Waals surface area contributed by atoms with Crippen molar-refractivity contribution in [1.82, 2.24) is 24.5 Å². The molecule has 0 bridgehead atoms. The van der Waals surface area contributed by atoms with E-state index in [9.17, 15) is 4.79 Å². The summed E-state index contributed by atoms with van der Waals surface area (Å²) in [6.07, 6.45) is 0. The molecule has 0 unspecified atom stereocenters. The van der Waals surface area contributed by atoms with Gasteiger partial charge in [0.2, 0.25) is 0 Å². The summed E-state index contributed by atoms with van der Waals surface area (Å²) in [4.78, 5) is 23.0. The highest BCUT2D eigenvalue weighted by molar-refractivity contribution is 7.98. The van der Waals surface area contributed by atoms with Gasteiger partial charge in [-0.15, -0.1) is 0 Å². The monoisotopic (exact) mass is 371 g/mol. The third-order valence-corrected chi connectivity index (χ3v) is 5.28. The number of aromatic nitrogens is 4. The van der Waals surface area contributed by atoms with E-state index in [1.165, 1.54) is 21.7 Å². The number of hydrogen-bond acceptors (Lipinski definition) is 6. The number of ether oxygens (including phenoxy) is 1. The van der Waals surface area contributed by atoms with Gasteiger partial charge >= 0.3 is 0 Å². The zero-order chi connectivity index (χ0) is 17.9. The summed E-state index contributed by atoms with van der Waals surface area (Å²) >= 11 is 1.56. The molecule has 0 aliphatic carbocycles. The van der Waals surface area contributed by atoms with Gasteiger partial charge in [0, 0.05) is 37.1 Å². The van der Waals surface area contributed by atoms with Gasteiger partial charge < -0.3 is 4.74 Å². The number of aryl methyl sites for hydroxylation is 1. The fraction of sp³-hybridized carbons (Fsp3) is 0.389. The molecular weight excluding hydrogens is 350 g/mol. The summed E-state index contributed by atoms with van der Waals surface area (Å²) in [6.45, 7) is 6.40. The smallest absolute Gasteiger partial charge is 0.274 e. The molecule has 136 valence electrons. The lowest BCUT2D eigenvalue weighted by Crippen LogP contribution is -2.35. The zero-order valence-corrected chi connectivity index (χ0v) is 15.5. The van der Waals surface area contributed by atoms with Gasteiger partial charge in [0.1, 0.15) is 0 Å². The van der Waals surface area contributed by atoms with Gasteiger partial charge in [-0.05, 0) is 18.1 Å². The molecular formula is C18H21N5O2S. The Morgan fingerprint density at radius 3 is 2.65 bits per heavy atom. The van der Waals surface area contributed by atoms with E-state index in [-0.39, 0.29) is 5.56 Å². The Bertz CT molecular complexity index is 944. The van der Waals surface area contributed by atoms with Crippen LogP contribution in [0.2, 0.25) is 0 Å². The van der Waals surface area contributed by atoms with Crippen molar-refractivity contribution in [3.8, 4) is 0 Å². The van der Waals surface area contributed by atoms with E-state index in [1.54, 1.807) is 18.7 Å². The van der Waals surface area contributed by atoms with Crippen molar-refractivity contribution in [3.63, 3.8) is 0 Å². The van der Waals surface area contributed by atoms with Crippen LogP contribution < -0.4 is 5.56 Å². The molecule has 1 aromatic carbocycles. The minimum atomic E-state index is -0.140. The molecule has 0 saturated carbocycles. The number of aromatic amines is 1. The van der Waals surface area contributed by atoms with Crippen LogP contribution in [0.1, 0.15) is 16.8 Å². The molecule has 4 rings (SSSR count). The highest BCUT2D eigenvalue weighted by atomic mass is 32.2. The molecule has 0 radical (unpaired) electrons. The maximum atomic E-state index is 11.9. The molecule has 26 heavy (non-hydrogen) atoms. The van der Waals surface area contributed by atoms with Crippen molar-refractivity contribution >= 4 is 17.5 Å². The first kappa shape index (κ1) is 17.3. The largest absolute Gasteiger partial charge is 0.379 e. The number of fused-ring (bicyclic) bond motifs is 1. The lowest BCUT2D eigenvalue weighted by molar-refractivity contribution is 0.0342. The molecule has 0 amide bonds. The van der Waals surface area contributed by atoms with Crippen LogP contribution in [-0.4, -0.2) is 50.8 Å². The number of benzene rings is 1. The molecule has 3 aromatic rings. The molecule has 1 aliphatic rings. The highest BCUT2D eigenvalue weighted by Gasteiger charge is 2.11. The van der Waals surface area contributed by atoms with Crippen molar-refractivity contribution < 1.29 is 4.74 Å². The lowest BCUT2D eigenvalue weighted by Gasteiger charge is -2.26. The van der Waals surface area contributed by atoms with Gasteiger partial charge in [-0.1, -0.05) is 36.0 Å². The zero-order valence-electron chi connectivity index (χ0n) is 14.6. The summed E-state index contributed by atoms with van der Waals surface area (Å²) in [5.41, 5.74) is 3.07. The average molecular weight is 371 g/mol. The van der Waals surface area contributed by atoms with Crippen LogP contribution in [0.25, 0.3) is 5.78 Å². The topological polar surface area (TPSA) is 75.5 Å². The van der Waals surface area contributed by atoms with Gasteiger partial charge in [-0.2, -0.15) is 9.50 Å². The van der Waals surface area contributed by atoms with E-state index in [1.807, 2.05) is 0 Å². The molecule has 1 saturated heterocycles. The van der Waals surface area contributed by atoms with Gasteiger partial charge in [0.25, 0.3) is 11.3 Å². The number of rotatable bonds is 5. The predicted molar refractivity (Wildman–Crippen MR) is 100 cm³/mol. The van der Waals surface area contributed by atoms with Crippen molar-refractivity contribution in [2.24, 2.45) is 0 Å². The summed E-state index contributed by atoms with van der Waals surface area (Å²) in [5, 5.41) is 3.69. The molecule has 1 N–H and O–H groups in total. The standard InChI is InChI=1S/C18H21N5O2S/c1-13-10-16(24)23-17(19-13)20-18(21-23)26-12-15-4-2-14(3-5-15)11-22-6-8-25-9-7-22/h2-5,10H,6-9,11-12H2,1H3,(H,19,20,21). The molecule has 2 aromatic heterocycles. The third-order valence-electron chi connectivity index (χ3n) is 4.35. The fourth-order valence-corrected chi connectivity index (χ4v) is 3.75. The van der Waals surface area contributed by atoms with E-state index >= 15 is 0 Å². The van der Waals surface area contributed by atoms with E-state index in [4.69, 9.17) is 4.74 Å². The Morgan fingerprint density at radius 1 is 1.15 bits per heavy atom. The Morgan fingerprint density at radius 2 is 1.88 bits per heavy atom. The first-order chi connectivity index (χ1) is 12.7. The quantitative estimate of drug-likeness (QED) is 0.690. The Kier molecular flexibility index (Phi) is 5.05. The first-order valence-corrected chi connectivity index (χ1v) is 9.63. The maximum Gasteiger partial charge on any atom is 0.274 e. The molecule has 0 atom stereocenters. The number of nitrogens with one attached hydrogen (secondary N) is 1. The van der Waals surface area contributed by atoms with Crippen LogP contribution in [0.4, 0.5) is 0 Å². The third kappa shape index (κ3) is 3.98. The highest BCUT2D eigenvalue weighted by Crippen LogP contribution is 2.20. The Balaban J connectivity index is 1.38. The number of thioether (sulfide) groups is 1. The van der Waals surface area contributed by atoms with Crippen molar-refractivity contribution in [3.05, 3.63) is 57.5 Å². The Labute approximate surface area is 155 Å².